The Labute approximate surface area is 140 Å². The molecule has 0 aliphatic rings. The summed E-state index contributed by atoms with van der Waals surface area (Å²) >= 11 is 0. The molecule has 1 amide bonds. The summed E-state index contributed by atoms with van der Waals surface area (Å²) in [5, 5.41) is 17.6. The van der Waals surface area contributed by atoms with Gasteiger partial charge in [0.2, 0.25) is 5.91 Å². The number of rotatable bonds is 9. The van der Waals surface area contributed by atoms with Gasteiger partial charge in [-0.3, -0.25) is 4.79 Å². The maximum atomic E-state index is 12.1. The summed E-state index contributed by atoms with van der Waals surface area (Å²) in [7, 11) is 1.59. The number of fused-ring (bicyclic) bond motifs is 1. The minimum Gasteiger partial charge on any atom is -0.544 e. The quantitative estimate of drug-likeness (QED) is 0.627. The van der Waals surface area contributed by atoms with E-state index in [0.717, 1.165) is 10.8 Å². The summed E-state index contributed by atoms with van der Waals surface area (Å²) in [5.41, 5.74) is 0.648. The summed E-state index contributed by atoms with van der Waals surface area (Å²) in [4.78, 5) is 23.3. The Morgan fingerprint density at radius 2 is 1.96 bits per heavy atom. The molecule has 2 rings (SSSR count). The van der Waals surface area contributed by atoms with Crippen molar-refractivity contribution < 1.29 is 24.7 Å². The van der Waals surface area contributed by atoms with Crippen LogP contribution in [0.2, 0.25) is 0 Å². The topological polar surface area (TPSA) is 95.1 Å². The minimum atomic E-state index is -1.24. The highest BCUT2D eigenvalue weighted by Gasteiger charge is 2.18. The third-order valence-electron chi connectivity index (χ3n) is 3.75. The SMILES string of the molecule is COCCC[NH2+][C@@H](CC(=O)Nc1ccc2ccccc2c1)C(=O)[O-]. The summed E-state index contributed by atoms with van der Waals surface area (Å²) in [5.74, 6) is -1.58. The lowest BCUT2D eigenvalue weighted by molar-refractivity contribution is -0.682. The first-order chi connectivity index (χ1) is 11.6. The van der Waals surface area contributed by atoms with Gasteiger partial charge >= 0.3 is 0 Å². The van der Waals surface area contributed by atoms with Crippen molar-refractivity contribution in [3.63, 3.8) is 0 Å². The molecule has 0 aliphatic heterocycles. The molecule has 2 aromatic rings. The van der Waals surface area contributed by atoms with Gasteiger partial charge in [-0.25, -0.2) is 0 Å². The molecule has 0 saturated carbocycles. The molecule has 0 heterocycles. The molecule has 0 aliphatic carbocycles. The van der Waals surface area contributed by atoms with Crippen LogP contribution in [-0.2, 0) is 14.3 Å². The fourth-order valence-corrected chi connectivity index (χ4v) is 2.49. The molecule has 3 N–H and O–H groups in total. The molecule has 0 spiro atoms. The molecule has 0 aromatic heterocycles. The lowest BCUT2D eigenvalue weighted by Crippen LogP contribution is -2.93. The Balaban J connectivity index is 1.92. The van der Waals surface area contributed by atoms with Gasteiger partial charge in [-0.05, 0) is 22.9 Å². The van der Waals surface area contributed by atoms with Gasteiger partial charge in [-0.15, -0.1) is 0 Å². The largest absolute Gasteiger partial charge is 0.544 e. The van der Waals surface area contributed by atoms with Crippen LogP contribution in [0.25, 0.3) is 10.8 Å². The van der Waals surface area contributed by atoms with Gasteiger partial charge in [0.1, 0.15) is 6.04 Å². The van der Waals surface area contributed by atoms with Crippen LogP contribution in [0.1, 0.15) is 12.8 Å². The van der Waals surface area contributed by atoms with E-state index in [-0.39, 0.29) is 12.3 Å². The van der Waals surface area contributed by atoms with E-state index in [1.165, 1.54) is 0 Å². The van der Waals surface area contributed by atoms with E-state index in [0.29, 0.717) is 25.3 Å². The molecule has 0 saturated heterocycles. The number of hydrogen-bond donors (Lipinski definition) is 2. The third-order valence-corrected chi connectivity index (χ3v) is 3.75. The highest BCUT2D eigenvalue weighted by Crippen LogP contribution is 2.18. The van der Waals surface area contributed by atoms with Crippen LogP contribution in [0.3, 0.4) is 0 Å². The number of aliphatic carboxylic acids is 1. The summed E-state index contributed by atoms with van der Waals surface area (Å²) in [6.45, 7) is 1.12. The van der Waals surface area contributed by atoms with Gasteiger partial charge in [0.25, 0.3) is 0 Å². The van der Waals surface area contributed by atoms with Crippen molar-refractivity contribution in [2.45, 2.75) is 18.9 Å². The van der Waals surface area contributed by atoms with E-state index < -0.39 is 12.0 Å². The minimum absolute atomic E-state index is 0.137. The number of carboxylic acids is 1. The fourth-order valence-electron chi connectivity index (χ4n) is 2.49. The normalized spacial score (nSPS) is 12.0. The van der Waals surface area contributed by atoms with Crippen LogP contribution < -0.4 is 15.7 Å². The molecule has 0 fully saturated rings. The number of carboxylic acid groups (broad SMARTS) is 1. The number of nitrogens with two attached hydrogens (primary N) is 1. The van der Waals surface area contributed by atoms with Crippen LogP contribution in [0.5, 0.6) is 0 Å². The molecule has 0 bridgehead atoms. The number of carbonyl (C=O) groups is 2. The van der Waals surface area contributed by atoms with Crippen LogP contribution in [0.4, 0.5) is 5.69 Å². The standard InChI is InChI=1S/C18H22N2O4/c1-24-10-4-9-19-16(18(22)23)12-17(21)20-15-8-7-13-5-2-3-6-14(13)11-15/h2-3,5-8,11,16,19H,4,9-10,12H2,1H3,(H,20,21)(H,22,23)/t16-/m0/s1. The van der Waals surface area contributed by atoms with Crippen molar-refractivity contribution in [3.8, 4) is 0 Å². The van der Waals surface area contributed by atoms with Gasteiger partial charge < -0.3 is 25.3 Å². The maximum Gasteiger partial charge on any atom is 0.230 e. The Morgan fingerprint density at radius 1 is 1.21 bits per heavy atom. The number of carbonyl (C=O) groups excluding carboxylic acids is 2. The zero-order chi connectivity index (χ0) is 17.4. The van der Waals surface area contributed by atoms with Gasteiger partial charge in [-0.2, -0.15) is 0 Å². The van der Waals surface area contributed by atoms with E-state index in [9.17, 15) is 14.7 Å². The first kappa shape index (κ1) is 17.9. The number of benzene rings is 2. The second-order valence-corrected chi connectivity index (χ2v) is 5.61. The van der Waals surface area contributed by atoms with Gasteiger partial charge in [0, 0.05) is 19.2 Å². The number of nitrogens with one attached hydrogen (secondary N) is 1. The first-order valence-corrected chi connectivity index (χ1v) is 7.92. The molecule has 0 radical (unpaired) electrons. The number of hydrogen-bond acceptors (Lipinski definition) is 4. The van der Waals surface area contributed by atoms with Crippen molar-refractivity contribution in [2.75, 3.05) is 25.6 Å². The maximum absolute atomic E-state index is 12.1. The molecule has 1 atom stereocenters. The van der Waals surface area contributed by atoms with Crippen molar-refractivity contribution in [1.82, 2.24) is 0 Å². The fraction of sp³-hybridized carbons (Fsp3) is 0.333. The average Bonchev–Trinajstić information content (AvgIpc) is 2.57. The summed E-state index contributed by atoms with van der Waals surface area (Å²) in [6.07, 6.45) is 0.578. The number of quaternary nitrogens is 1. The third kappa shape index (κ3) is 5.33. The molecular formula is C18H22N2O4. The average molecular weight is 330 g/mol. The summed E-state index contributed by atoms with van der Waals surface area (Å²) < 4.78 is 4.92. The van der Waals surface area contributed by atoms with E-state index in [1.807, 2.05) is 36.4 Å². The monoisotopic (exact) mass is 330 g/mol. The van der Waals surface area contributed by atoms with E-state index in [4.69, 9.17) is 4.74 Å². The second-order valence-electron chi connectivity index (χ2n) is 5.61. The molecule has 0 unspecified atom stereocenters. The Kier molecular flexibility index (Phi) is 6.72. The van der Waals surface area contributed by atoms with Crippen LogP contribution in [-0.4, -0.2) is 38.2 Å². The highest BCUT2D eigenvalue weighted by atomic mass is 16.5. The van der Waals surface area contributed by atoms with Gasteiger partial charge in [0.15, 0.2) is 0 Å². The lowest BCUT2D eigenvalue weighted by atomic mass is 10.1. The van der Waals surface area contributed by atoms with E-state index in [1.54, 1.807) is 18.5 Å². The predicted octanol–water partition coefficient (Wildman–Crippen LogP) is -0.113. The molecule has 2 aromatic carbocycles. The van der Waals surface area contributed by atoms with Crippen LogP contribution in [0, 0.1) is 0 Å². The van der Waals surface area contributed by atoms with Crippen molar-refractivity contribution in [3.05, 3.63) is 42.5 Å². The lowest BCUT2D eigenvalue weighted by Gasteiger charge is -2.16. The summed E-state index contributed by atoms with van der Waals surface area (Å²) in [6, 6.07) is 12.5. The predicted molar refractivity (Wildman–Crippen MR) is 89.3 cm³/mol. The van der Waals surface area contributed by atoms with Crippen LogP contribution >= 0.6 is 0 Å². The molecule has 128 valence electrons. The number of amides is 1. The highest BCUT2D eigenvalue weighted by molar-refractivity contribution is 5.96. The van der Waals surface area contributed by atoms with Crippen molar-refractivity contribution >= 4 is 28.3 Å². The zero-order valence-corrected chi connectivity index (χ0v) is 13.7. The Hall–Kier alpha value is -2.44. The molecule has 6 heteroatoms. The van der Waals surface area contributed by atoms with Crippen LogP contribution in [0.15, 0.2) is 42.5 Å². The second kappa shape index (κ2) is 9.00. The molecular weight excluding hydrogens is 308 g/mol. The van der Waals surface area contributed by atoms with E-state index in [2.05, 4.69) is 5.32 Å². The van der Waals surface area contributed by atoms with Crippen molar-refractivity contribution in [2.24, 2.45) is 0 Å². The number of methoxy groups -OCH3 is 1. The zero-order valence-electron chi connectivity index (χ0n) is 13.7. The number of anilines is 1. The first-order valence-electron chi connectivity index (χ1n) is 7.92. The van der Waals surface area contributed by atoms with E-state index >= 15 is 0 Å². The van der Waals surface area contributed by atoms with Crippen molar-refractivity contribution in [1.29, 1.82) is 0 Å². The Bertz CT molecular complexity index is 702. The Morgan fingerprint density at radius 3 is 2.67 bits per heavy atom. The smallest absolute Gasteiger partial charge is 0.230 e. The molecule has 6 nitrogen and oxygen atoms in total. The van der Waals surface area contributed by atoms with Gasteiger partial charge in [-0.1, -0.05) is 30.3 Å². The van der Waals surface area contributed by atoms with Gasteiger partial charge in [0.05, 0.1) is 25.5 Å². The molecule has 24 heavy (non-hydrogen) atoms. The number of ether oxygens (including phenoxy) is 1.